The standard InChI is InChI=1S/C38H34N6O5S/c45-24-26-11-13-27(14-12-26)35-23-34(25-50-38-41-42-43-44(38)31-7-3-1-4-8-31)48-36(49-35)28-15-17-29(18-16-28)39-37(46)40-30-19-21-33(22-20-30)47-32-9-5-2-6-10-32/h1-22,34-36,45H,23-25H2,(H2,39,40,46)/t34-,35+,36+/m0/s1. The van der Waals surface area contributed by atoms with E-state index in [4.69, 9.17) is 14.2 Å². The Labute approximate surface area is 293 Å². The van der Waals surface area contributed by atoms with Gasteiger partial charge in [-0.2, -0.15) is 4.68 Å². The van der Waals surface area contributed by atoms with Gasteiger partial charge >= 0.3 is 6.03 Å². The van der Waals surface area contributed by atoms with Gasteiger partial charge in [0.15, 0.2) is 6.29 Å². The van der Waals surface area contributed by atoms with Crippen molar-refractivity contribution in [1.82, 2.24) is 20.2 Å². The number of aromatic nitrogens is 4. The second-order valence-electron chi connectivity index (χ2n) is 11.5. The summed E-state index contributed by atoms with van der Waals surface area (Å²) in [6.45, 7) is -0.0264. The Balaban J connectivity index is 0.999. The summed E-state index contributed by atoms with van der Waals surface area (Å²) in [5.74, 6) is 2.00. The largest absolute Gasteiger partial charge is 0.457 e. The summed E-state index contributed by atoms with van der Waals surface area (Å²) < 4.78 is 20.5. The molecule has 0 spiro atoms. The minimum Gasteiger partial charge on any atom is -0.457 e. The fourth-order valence-electron chi connectivity index (χ4n) is 5.44. The Bertz CT molecular complexity index is 1980. The lowest BCUT2D eigenvalue weighted by molar-refractivity contribution is -0.245. The molecule has 5 aromatic carbocycles. The molecule has 0 saturated carbocycles. The fraction of sp³-hybridized carbons (Fsp3) is 0.158. The first kappa shape index (κ1) is 33.0. The van der Waals surface area contributed by atoms with Gasteiger partial charge in [-0.25, -0.2) is 4.79 Å². The topological polar surface area (TPSA) is 133 Å². The highest BCUT2D eigenvalue weighted by Gasteiger charge is 2.32. The number of hydrogen-bond acceptors (Lipinski definition) is 9. The van der Waals surface area contributed by atoms with Gasteiger partial charge in [-0.1, -0.05) is 84.6 Å². The van der Waals surface area contributed by atoms with E-state index in [-0.39, 0.29) is 24.8 Å². The number of tetrazole rings is 1. The number of para-hydroxylation sites is 2. The van der Waals surface area contributed by atoms with Crippen molar-refractivity contribution >= 4 is 29.2 Å². The molecular weight excluding hydrogens is 653 g/mol. The Hall–Kier alpha value is -5.53. The van der Waals surface area contributed by atoms with Gasteiger partial charge in [0.05, 0.1) is 24.5 Å². The second-order valence-corrected chi connectivity index (χ2v) is 12.5. The summed E-state index contributed by atoms with van der Waals surface area (Å²) in [5, 5.41) is 28.2. The highest BCUT2D eigenvalue weighted by Crippen LogP contribution is 2.39. The van der Waals surface area contributed by atoms with E-state index in [0.717, 1.165) is 28.1 Å². The molecule has 1 aliphatic rings. The number of anilines is 2. The van der Waals surface area contributed by atoms with Crippen molar-refractivity contribution in [2.24, 2.45) is 0 Å². The molecule has 3 atom stereocenters. The predicted octanol–water partition coefficient (Wildman–Crippen LogP) is 7.93. The van der Waals surface area contributed by atoms with Crippen LogP contribution in [0.25, 0.3) is 5.69 Å². The van der Waals surface area contributed by atoms with Crippen molar-refractivity contribution < 1.29 is 24.1 Å². The van der Waals surface area contributed by atoms with Crippen molar-refractivity contribution in [1.29, 1.82) is 0 Å². The number of carbonyl (C=O) groups excluding carboxylic acids is 1. The first-order valence-corrected chi connectivity index (χ1v) is 17.1. The molecule has 6 aromatic rings. The van der Waals surface area contributed by atoms with Crippen molar-refractivity contribution in [2.75, 3.05) is 16.4 Å². The molecule has 11 nitrogen and oxygen atoms in total. The van der Waals surface area contributed by atoms with Crippen LogP contribution < -0.4 is 15.4 Å². The number of ether oxygens (including phenoxy) is 3. The number of hydrogen-bond donors (Lipinski definition) is 3. The van der Waals surface area contributed by atoms with Gasteiger partial charge in [-0.05, 0) is 82.2 Å². The van der Waals surface area contributed by atoms with E-state index in [1.165, 1.54) is 11.8 Å². The van der Waals surface area contributed by atoms with Gasteiger partial charge in [-0.15, -0.1) is 5.10 Å². The SMILES string of the molecule is O=C(Nc1ccc(Oc2ccccc2)cc1)Nc1ccc([C@@H]2O[C@H](CSc3nnnn3-c3ccccc3)C[C@H](c3ccc(CO)cc3)O2)cc1. The molecule has 2 heterocycles. The van der Waals surface area contributed by atoms with Crippen molar-refractivity contribution in [3.8, 4) is 17.2 Å². The number of rotatable bonds is 11. The number of aliphatic hydroxyl groups is 1. The molecule has 50 heavy (non-hydrogen) atoms. The van der Waals surface area contributed by atoms with Crippen LogP contribution in [0.2, 0.25) is 0 Å². The number of thioether (sulfide) groups is 1. The van der Waals surface area contributed by atoms with Crippen LogP contribution in [0.5, 0.6) is 11.5 Å². The maximum absolute atomic E-state index is 12.8. The monoisotopic (exact) mass is 686 g/mol. The van der Waals surface area contributed by atoms with Crippen LogP contribution in [-0.4, -0.2) is 43.2 Å². The van der Waals surface area contributed by atoms with Crippen LogP contribution in [-0.2, 0) is 16.1 Å². The zero-order valence-electron chi connectivity index (χ0n) is 26.8. The van der Waals surface area contributed by atoms with E-state index in [1.54, 1.807) is 28.9 Å². The van der Waals surface area contributed by atoms with E-state index in [2.05, 4.69) is 26.2 Å². The quantitative estimate of drug-likeness (QED) is 0.116. The number of benzene rings is 5. The van der Waals surface area contributed by atoms with E-state index >= 15 is 0 Å². The van der Waals surface area contributed by atoms with E-state index in [0.29, 0.717) is 34.5 Å². The van der Waals surface area contributed by atoms with Crippen LogP contribution in [0.1, 0.15) is 35.5 Å². The third-order valence-corrected chi connectivity index (χ3v) is 9.04. The minimum atomic E-state index is -0.651. The zero-order chi connectivity index (χ0) is 34.1. The molecule has 1 aromatic heterocycles. The number of amides is 2. The van der Waals surface area contributed by atoms with Gasteiger partial charge in [0.1, 0.15) is 11.5 Å². The van der Waals surface area contributed by atoms with E-state index in [1.807, 2.05) is 109 Å². The number of urea groups is 1. The van der Waals surface area contributed by atoms with Crippen LogP contribution >= 0.6 is 11.8 Å². The van der Waals surface area contributed by atoms with Crippen molar-refractivity contribution in [2.45, 2.75) is 36.7 Å². The Morgan fingerprint density at radius 2 is 1.40 bits per heavy atom. The number of aliphatic hydroxyl groups excluding tert-OH is 1. The van der Waals surface area contributed by atoms with Gasteiger partial charge in [0, 0.05) is 29.1 Å². The van der Waals surface area contributed by atoms with Crippen molar-refractivity contribution in [3.05, 3.63) is 150 Å². The Morgan fingerprint density at radius 3 is 2.08 bits per heavy atom. The highest BCUT2D eigenvalue weighted by molar-refractivity contribution is 7.99. The minimum absolute atomic E-state index is 0.0264. The lowest BCUT2D eigenvalue weighted by atomic mass is 10.0. The maximum atomic E-state index is 12.8. The van der Waals surface area contributed by atoms with Gasteiger partial charge in [0.25, 0.3) is 0 Å². The lowest BCUT2D eigenvalue weighted by Gasteiger charge is -2.36. The number of nitrogens with one attached hydrogen (secondary N) is 2. The average molecular weight is 687 g/mol. The molecule has 0 unspecified atom stereocenters. The smallest absolute Gasteiger partial charge is 0.323 e. The van der Waals surface area contributed by atoms with E-state index < -0.39 is 6.29 Å². The van der Waals surface area contributed by atoms with Crippen LogP contribution in [0.4, 0.5) is 16.2 Å². The molecule has 0 aliphatic carbocycles. The molecule has 1 fully saturated rings. The molecule has 0 bridgehead atoms. The number of nitrogens with zero attached hydrogens (tertiary/aromatic N) is 4. The average Bonchev–Trinajstić information content (AvgIpc) is 3.65. The second kappa shape index (κ2) is 15.8. The first-order valence-electron chi connectivity index (χ1n) is 16.1. The molecule has 7 rings (SSSR count). The summed E-state index contributed by atoms with van der Waals surface area (Å²) in [7, 11) is 0. The fourth-order valence-corrected chi connectivity index (χ4v) is 6.35. The van der Waals surface area contributed by atoms with E-state index in [9.17, 15) is 9.90 Å². The molecule has 252 valence electrons. The predicted molar refractivity (Wildman–Crippen MR) is 190 cm³/mol. The molecule has 0 radical (unpaired) electrons. The highest BCUT2D eigenvalue weighted by atomic mass is 32.2. The van der Waals surface area contributed by atoms with Crippen LogP contribution in [0.15, 0.2) is 139 Å². The van der Waals surface area contributed by atoms with Gasteiger partial charge in [-0.3, -0.25) is 0 Å². The molecule has 1 saturated heterocycles. The maximum Gasteiger partial charge on any atom is 0.323 e. The summed E-state index contributed by atoms with van der Waals surface area (Å²) in [4.78, 5) is 12.8. The summed E-state index contributed by atoms with van der Waals surface area (Å²) in [6.07, 6.45) is -0.462. The first-order chi connectivity index (χ1) is 24.6. The summed E-state index contributed by atoms with van der Waals surface area (Å²) in [5.41, 5.74) is 4.75. The molecule has 3 N–H and O–H groups in total. The molecule has 1 aliphatic heterocycles. The van der Waals surface area contributed by atoms with Gasteiger partial charge in [0.2, 0.25) is 5.16 Å². The molecular formula is C38H34N6O5S. The summed E-state index contributed by atoms with van der Waals surface area (Å²) >= 11 is 1.52. The third kappa shape index (κ3) is 8.36. The number of carbonyl (C=O) groups is 1. The summed E-state index contributed by atoms with van der Waals surface area (Å²) in [6, 6.07) is 41.2. The lowest BCUT2D eigenvalue weighted by Crippen LogP contribution is -2.31. The van der Waals surface area contributed by atoms with Crippen molar-refractivity contribution in [3.63, 3.8) is 0 Å². The Kier molecular flexibility index (Phi) is 10.4. The Morgan fingerprint density at radius 1 is 0.780 bits per heavy atom. The normalized spacial score (nSPS) is 17.2. The zero-order valence-corrected chi connectivity index (χ0v) is 27.6. The van der Waals surface area contributed by atoms with Gasteiger partial charge < -0.3 is 30.0 Å². The molecule has 12 heteroatoms. The third-order valence-electron chi connectivity index (χ3n) is 7.99. The molecule has 2 amide bonds. The van der Waals surface area contributed by atoms with Crippen LogP contribution in [0.3, 0.4) is 0 Å². The van der Waals surface area contributed by atoms with Crippen LogP contribution in [0, 0.1) is 0 Å².